The Bertz CT molecular complexity index is 1090. The van der Waals surface area contributed by atoms with E-state index in [4.69, 9.17) is 56.8 Å². The highest BCUT2D eigenvalue weighted by Gasteiger charge is 2.58. The van der Waals surface area contributed by atoms with Gasteiger partial charge >= 0.3 is 0 Å². The Morgan fingerprint density at radius 1 is 0.833 bits per heavy atom. The number of fused-ring (bicyclic) bond motifs is 2. The van der Waals surface area contributed by atoms with Crippen molar-refractivity contribution in [1.82, 2.24) is 0 Å². The number of alkyl halides is 2. The van der Waals surface area contributed by atoms with Crippen molar-refractivity contribution < 1.29 is 53.5 Å². The van der Waals surface area contributed by atoms with Crippen LogP contribution < -0.4 is 0 Å². The molecule has 10 nitrogen and oxygen atoms in total. The lowest BCUT2D eigenvalue weighted by atomic mass is 9.90. The largest absolute Gasteiger partial charge is 0.390 e. The molecule has 6 rings (SSSR count). The highest BCUT2D eigenvalue weighted by molar-refractivity contribution is 9.09. The summed E-state index contributed by atoms with van der Waals surface area (Å²) in [5.74, 6) is 3.93. The number of hydrogen-bond acceptors (Lipinski definition) is 12. The second kappa shape index (κ2) is 19.7. The molecule has 6 aliphatic rings. The topological polar surface area (TPSA) is 103 Å². The van der Waals surface area contributed by atoms with Gasteiger partial charge in [-0.15, -0.1) is 12.8 Å². The first-order valence-corrected chi connectivity index (χ1v) is 17.9. The Balaban J connectivity index is 0.000000392. The summed E-state index contributed by atoms with van der Waals surface area (Å²) in [6.45, 7) is 17.0. The predicted molar refractivity (Wildman–Crippen MR) is 193 cm³/mol. The minimum Gasteiger partial charge on any atom is -0.390 e. The van der Waals surface area contributed by atoms with Gasteiger partial charge in [0.1, 0.15) is 31.0 Å². The monoisotopic (exact) mass is 805 g/mol. The lowest BCUT2D eigenvalue weighted by Gasteiger charge is -2.28. The molecule has 0 unspecified atom stereocenters. The van der Waals surface area contributed by atoms with E-state index in [1.54, 1.807) is 0 Å². The van der Waals surface area contributed by atoms with Gasteiger partial charge in [-0.05, 0) is 68.2 Å². The standard InChI is InChI=1S/C16H24O5.C13H22O5.C3H3Br.CH3F.S2.H2S/c1-6-7-17-12-10-8-15(2,3)21-14(10)19-13(12)11-9-18-16(4,5)20-11;1-12(2)5-7-9(14)10(16-11(7)18-12)8-6-15-13(3,4)17-8;1-2-3-4;2*1-2;/h1,10-14H,7-9H2,2-5H3;7-11,14H,5-6H2,1-4H3;1H,3H2;1H3;;1H2/t10-,11-,12+,13+,14+;7-,8-,9+,10+,11+;;;;/m00..../s1/i;;;1D;;. The van der Waals surface area contributed by atoms with Crippen molar-refractivity contribution >= 4 is 51.8 Å². The maximum atomic E-state index is 10.4. The molecule has 6 aliphatic heterocycles. The van der Waals surface area contributed by atoms with Gasteiger partial charge in [0.05, 0.1) is 50.5 Å². The summed E-state index contributed by atoms with van der Waals surface area (Å²) in [6.07, 6.45) is 9.63. The van der Waals surface area contributed by atoms with Crippen LogP contribution in [0.25, 0.3) is 0 Å². The van der Waals surface area contributed by atoms with Crippen molar-refractivity contribution in [3.63, 3.8) is 0 Å². The fraction of sp³-hybridized carbons (Fsp3) is 0.879. The summed E-state index contributed by atoms with van der Waals surface area (Å²) >= 11 is 10.3. The van der Waals surface area contributed by atoms with E-state index in [0.717, 1.165) is 12.8 Å². The van der Waals surface area contributed by atoms with Crippen LogP contribution in [0.3, 0.4) is 0 Å². The lowest BCUT2D eigenvalue weighted by molar-refractivity contribution is -0.201. The molecule has 6 saturated heterocycles. The minimum atomic E-state index is -1.00. The van der Waals surface area contributed by atoms with Crippen LogP contribution in [0.2, 0.25) is 0 Å². The van der Waals surface area contributed by atoms with E-state index in [2.05, 4.69) is 64.0 Å². The maximum absolute atomic E-state index is 10.4. The Morgan fingerprint density at radius 3 is 1.65 bits per heavy atom. The fourth-order valence-corrected chi connectivity index (χ4v) is 6.72. The summed E-state index contributed by atoms with van der Waals surface area (Å²) in [7, 11) is -1.00. The van der Waals surface area contributed by atoms with E-state index in [0.29, 0.717) is 18.5 Å². The molecule has 0 spiro atoms. The van der Waals surface area contributed by atoms with Crippen LogP contribution in [0.4, 0.5) is 4.39 Å². The second-order valence-electron chi connectivity index (χ2n) is 14.0. The number of aliphatic hydroxyl groups excluding tert-OH is 1. The molecule has 1 N–H and O–H groups in total. The first-order chi connectivity index (χ1) is 22.4. The van der Waals surface area contributed by atoms with E-state index in [1.165, 1.54) is 0 Å². The number of terminal acetylenes is 2. The Labute approximate surface area is 313 Å². The molecule has 6 fully saturated rings. The number of rotatable bonds is 4. The normalized spacial score (nSPS) is 38.6. The highest BCUT2D eigenvalue weighted by atomic mass is 79.9. The molecule has 0 saturated carbocycles. The molecule has 0 bridgehead atoms. The van der Waals surface area contributed by atoms with Crippen LogP contribution in [0.1, 0.15) is 69.6 Å². The van der Waals surface area contributed by atoms with Gasteiger partial charge < -0.3 is 47.7 Å². The quantitative estimate of drug-likeness (QED) is 0.321. The lowest BCUT2D eigenvalue weighted by Crippen LogP contribution is -2.42. The average Bonchev–Trinajstić information content (AvgIpc) is 3.82. The molecule has 6 heterocycles. The zero-order valence-electron chi connectivity index (χ0n) is 30.1. The van der Waals surface area contributed by atoms with Crippen molar-refractivity contribution in [2.24, 2.45) is 11.8 Å². The van der Waals surface area contributed by atoms with Gasteiger partial charge in [0.2, 0.25) is 0 Å². The summed E-state index contributed by atoms with van der Waals surface area (Å²) in [6, 6.07) is 0. The predicted octanol–water partition coefficient (Wildman–Crippen LogP) is 4.44. The Kier molecular flexibility index (Phi) is 18.1. The fourth-order valence-electron chi connectivity index (χ4n) is 6.72. The van der Waals surface area contributed by atoms with Crippen LogP contribution in [0.5, 0.6) is 0 Å². The molecule has 278 valence electrons. The van der Waals surface area contributed by atoms with Gasteiger partial charge in [-0.25, -0.2) is 0 Å². The van der Waals surface area contributed by atoms with Crippen molar-refractivity contribution in [2.75, 3.05) is 32.3 Å². The van der Waals surface area contributed by atoms with Crippen LogP contribution in [-0.4, -0.2) is 109 Å². The smallest absolute Gasteiger partial charge is 0.164 e. The third-order valence-electron chi connectivity index (χ3n) is 8.36. The van der Waals surface area contributed by atoms with Gasteiger partial charge in [0.15, 0.2) is 24.2 Å². The summed E-state index contributed by atoms with van der Waals surface area (Å²) in [5.41, 5.74) is -0.405. The summed E-state index contributed by atoms with van der Waals surface area (Å²) in [5, 5.41) is 11.0. The van der Waals surface area contributed by atoms with Crippen LogP contribution in [0.15, 0.2) is 0 Å². The molecule has 15 heteroatoms. The van der Waals surface area contributed by atoms with Crippen LogP contribution >= 0.6 is 29.4 Å². The zero-order valence-corrected chi connectivity index (χ0v) is 33.3. The van der Waals surface area contributed by atoms with Crippen molar-refractivity contribution in [1.29, 1.82) is 0 Å². The molecular formula is C33H54BrFO10S3. The average molecular weight is 807 g/mol. The zero-order chi connectivity index (χ0) is 36.5. The number of ether oxygens (including phenoxy) is 9. The Morgan fingerprint density at radius 2 is 1.25 bits per heavy atom. The van der Waals surface area contributed by atoms with Crippen molar-refractivity contribution in [3.8, 4) is 24.7 Å². The van der Waals surface area contributed by atoms with E-state index in [9.17, 15) is 9.50 Å². The molecule has 0 aliphatic carbocycles. The van der Waals surface area contributed by atoms with Gasteiger partial charge in [-0.2, -0.15) is 13.5 Å². The first kappa shape index (κ1) is 44.1. The first-order valence-electron chi connectivity index (χ1n) is 16.2. The maximum Gasteiger partial charge on any atom is 0.164 e. The third-order valence-corrected chi connectivity index (χ3v) is 8.68. The number of halogens is 2. The van der Waals surface area contributed by atoms with Crippen LogP contribution in [0, 0.1) is 36.5 Å². The number of aliphatic hydroxyl groups is 1. The molecule has 0 aromatic carbocycles. The van der Waals surface area contributed by atoms with Gasteiger partial charge in [0.25, 0.3) is 0 Å². The van der Waals surface area contributed by atoms with Crippen molar-refractivity contribution in [3.05, 3.63) is 0 Å². The van der Waals surface area contributed by atoms with Crippen molar-refractivity contribution in [2.45, 2.75) is 140 Å². The summed E-state index contributed by atoms with van der Waals surface area (Å²) < 4.78 is 67.9. The van der Waals surface area contributed by atoms with Gasteiger partial charge in [-0.1, -0.05) is 27.8 Å². The van der Waals surface area contributed by atoms with E-state index < -0.39 is 24.8 Å². The Hall–Kier alpha value is -0.0800. The molecule has 0 amide bonds. The second-order valence-corrected chi connectivity index (χ2v) is 14.5. The van der Waals surface area contributed by atoms with Gasteiger partial charge in [-0.3, -0.25) is 4.39 Å². The minimum absolute atomic E-state index is 0. The van der Waals surface area contributed by atoms with E-state index in [-0.39, 0.29) is 86.2 Å². The third kappa shape index (κ3) is 12.3. The highest BCUT2D eigenvalue weighted by Crippen LogP contribution is 2.47. The molecular weight excluding hydrogens is 751 g/mol. The summed E-state index contributed by atoms with van der Waals surface area (Å²) in [4.78, 5) is 0. The van der Waals surface area contributed by atoms with Crippen LogP contribution in [-0.2, 0) is 65.0 Å². The SMILES string of the molecule is C#CCBr.C#CCO[C@@H]1[C@@H]2CC(C)(C)O[C@H]2O[C@@H]1[C@@H]1COC(C)(C)O1.CC1(C)C[C@@H]2[C@H](O[C@H]([C@@H]3COC(C)(C)O3)[C@@H]2O)O1.S.S=S.[2H]CF. The molecule has 0 aromatic heterocycles. The molecule has 0 radical (unpaired) electrons. The molecule has 48 heavy (non-hydrogen) atoms. The molecule has 0 aromatic rings. The van der Waals surface area contributed by atoms with E-state index in [1.807, 2.05) is 41.5 Å². The number of hydrogen-bond donors (Lipinski definition) is 1. The van der Waals surface area contributed by atoms with Gasteiger partial charge in [0, 0.05) is 34.2 Å². The van der Waals surface area contributed by atoms with E-state index >= 15 is 0 Å². The molecule has 10 atom stereocenters.